The Bertz CT molecular complexity index is 749. The Morgan fingerprint density at radius 2 is 1.30 bits per heavy atom. The minimum Gasteiger partial charge on any atom is -0.463 e. The second-order valence-electron chi connectivity index (χ2n) is 6.55. The van der Waals surface area contributed by atoms with Crippen molar-refractivity contribution in [3.8, 4) is 0 Å². The zero-order chi connectivity index (χ0) is 23.1. The number of carbonyl (C=O) groups is 4. The van der Waals surface area contributed by atoms with Crippen molar-refractivity contribution < 1.29 is 51.3 Å². The van der Waals surface area contributed by atoms with Gasteiger partial charge >= 0.3 is 23.9 Å². The molecule has 0 amide bonds. The van der Waals surface area contributed by atoms with Gasteiger partial charge in [-0.05, 0) is 0 Å². The molecule has 1 unspecified atom stereocenters. The summed E-state index contributed by atoms with van der Waals surface area (Å²) in [6, 6.07) is 0. The molecule has 0 saturated carbocycles. The Kier molecular flexibility index (Phi) is 10.1. The molecule has 6 atom stereocenters. The molecule has 1 fully saturated rings. The number of esters is 4. The van der Waals surface area contributed by atoms with Crippen LogP contribution in [0.1, 0.15) is 34.1 Å². The zero-order valence-electron chi connectivity index (χ0n) is 17.3. The fraction of sp³-hybridized carbons (Fsp3) is 0.765. The van der Waals surface area contributed by atoms with Crippen LogP contribution in [0.3, 0.4) is 0 Å². The third-order valence-corrected chi connectivity index (χ3v) is 4.67. The lowest BCUT2D eigenvalue weighted by molar-refractivity contribution is -0.253. The van der Waals surface area contributed by atoms with E-state index < -0.39 is 63.2 Å². The Morgan fingerprint density at radius 3 is 1.73 bits per heavy atom. The molecule has 0 aromatic heterocycles. The molecule has 0 N–H and O–H groups in total. The molecule has 0 aliphatic carbocycles. The standard InChI is InChI=1S/C17H26O11S2/c1-9(18)23-8-14-16(26-11(3)20)17(27-12(4)21)15(25-10(2)19)13(28-14)6-7-24-30(5,22)29/h13-17H,6-8H2,1-5H3/t13-,14-,15+,16-,17-,30?/m1/s1. The highest BCUT2D eigenvalue weighted by molar-refractivity contribution is 8.29. The first-order chi connectivity index (χ1) is 13.8. The van der Waals surface area contributed by atoms with Crippen LogP contribution < -0.4 is 0 Å². The summed E-state index contributed by atoms with van der Waals surface area (Å²) < 4.78 is 43.3. The molecule has 1 aliphatic rings. The average Bonchev–Trinajstić information content (AvgIpc) is 2.55. The molecule has 0 aromatic carbocycles. The predicted octanol–water partition coefficient (Wildman–Crippen LogP) is -0.190. The van der Waals surface area contributed by atoms with Gasteiger partial charge in [0.1, 0.15) is 27.6 Å². The molecule has 0 spiro atoms. The van der Waals surface area contributed by atoms with Gasteiger partial charge < -0.3 is 23.7 Å². The summed E-state index contributed by atoms with van der Waals surface area (Å²) in [6.07, 6.45) is -4.33. The van der Waals surface area contributed by atoms with Crippen LogP contribution in [-0.2, 0) is 67.0 Å². The van der Waals surface area contributed by atoms with Crippen LogP contribution >= 0.6 is 0 Å². The van der Waals surface area contributed by atoms with Crippen molar-refractivity contribution in [2.24, 2.45) is 0 Å². The summed E-state index contributed by atoms with van der Waals surface area (Å²) >= 11 is 4.69. The minimum absolute atomic E-state index is 0.0422. The van der Waals surface area contributed by atoms with Crippen molar-refractivity contribution in [1.82, 2.24) is 0 Å². The highest BCUT2D eigenvalue weighted by atomic mass is 32.8. The van der Waals surface area contributed by atoms with Gasteiger partial charge in [-0.2, -0.15) is 0 Å². The van der Waals surface area contributed by atoms with Crippen LogP contribution in [0.4, 0.5) is 0 Å². The highest BCUT2D eigenvalue weighted by Crippen LogP contribution is 2.30. The topological polar surface area (TPSA) is 141 Å². The van der Waals surface area contributed by atoms with Crippen LogP contribution in [-0.4, -0.2) is 78.1 Å². The van der Waals surface area contributed by atoms with Gasteiger partial charge in [0.2, 0.25) is 0 Å². The molecular formula is C17H26O11S2. The molecule has 11 nitrogen and oxygen atoms in total. The van der Waals surface area contributed by atoms with Gasteiger partial charge in [0.05, 0.1) is 6.61 Å². The van der Waals surface area contributed by atoms with Crippen LogP contribution in [0.2, 0.25) is 0 Å². The fourth-order valence-corrected chi connectivity index (χ4v) is 3.47. The van der Waals surface area contributed by atoms with E-state index >= 15 is 0 Å². The van der Waals surface area contributed by atoms with Gasteiger partial charge in [-0.3, -0.25) is 23.4 Å². The Hall–Kier alpha value is -1.83. The Balaban J connectivity index is 3.25. The average molecular weight is 471 g/mol. The zero-order valence-corrected chi connectivity index (χ0v) is 18.9. The van der Waals surface area contributed by atoms with Gasteiger partial charge in [-0.1, -0.05) is 0 Å². The maximum Gasteiger partial charge on any atom is 0.303 e. The second kappa shape index (κ2) is 11.5. The van der Waals surface area contributed by atoms with Crippen molar-refractivity contribution in [3.05, 3.63) is 0 Å². The first-order valence-electron chi connectivity index (χ1n) is 8.95. The normalized spacial score (nSPS) is 28.0. The van der Waals surface area contributed by atoms with Crippen LogP contribution in [0.15, 0.2) is 0 Å². The molecule has 1 rings (SSSR count). The van der Waals surface area contributed by atoms with Crippen molar-refractivity contribution >= 4 is 43.8 Å². The molecule has 0 radical (unpaired) electrons. The van der Waals surface area contributed by atoms with Crippen molar-refractivity contribution in [2.75, 3.05) is 19.5 Å². The second-order valence-corrected chi connectivity index (χ2v) is 10.0. The Morgan fingerprint density at radius 1 is 0.833 bits per heavy atom. The van der Waals surface area contributed by atoms with Gasteiger partial charge in [-0.15, -0.1) is 0 Å². The van der Waals surface area contributed by atoms with Gasteiger partial charge in [0, 0.05) is 51.6 Å². The first-order valence-corrected chi connectivity index (χ1v) is 11.8. The fourth-order valence-electron chi connectivity index (χ4n) is 2.87. The SMILES string of the molecule is CC(=O)OC[C@H]1O[C@H](CCOS(C)(=O)=S)[C@H](OC(C)=O)[C@@H](OC(C)=O)[C@@H]1OC(C)=O. The lowest BCUT2D eigenvalue weighted by atomic mass is 9.92. The van der Waals surface area contributed by atoms with Crippen LogP contribution in [0.25, 0.3) is 0 Å². The van der Waals surface area contributed by atoms with Crippen LogP contribution in [0, 0.1) is 0 Å². The number of ether oxygens (including phenoxy) is 5. The molecular weight excluding hydrogens is 444 g/mol. The molecule has 0 aromatic rings. The quantitative estimate of drug-likeness (QED) is 0.326. The van der Waals surface area contributed by atoms with E-state index in [1.807, 2.05) is 0 Å². The third kappa shape index (κ3) is 9.32. The van der Waals surface area contributed by atoms with E-state index in [9.17, 15) is 23.4 Å². The lowest BCUT2D eigenvalue weighted by Crippen LogP contribution is -2.62. The molecule has 30 heavy (non-hydrogen) atoms. The summed E-state index contributed by atoms with van der Waals surface area (Å²) in [5, 5.41) is 0. The monoisotopic (exact) mass is 470 g/mol. The van der Waals surface area contributed by atoms with Crippen LogP contribution in [0.5, 0.6) is 0 Å². The van der Waals surface area contributed by atoms with E-state index in [0.717, 1.165) is 20.8 Å². The van der Waals surface area contributed by atoms with E-state index in [0.29, 0.717) is 0 Å². The lowest BCUT2D eigenvalue weighted by Gasteiger charge is -2.44. The first kappa shape index (κ1) is 26.2. The van der Waals surface area contributed by atoms with Crippen molar-refractivity contribution in [2.45, 2.75) is 64.6 Å². The smallest absolute Gasteiger partial charge is 0.303 e. The number of carbonyl (C=O) groups excluding carboxylic acids is 4. The largest absolute Gasteiger partial charge is 0.463 e. The van der Waals surface area contributed by atoms with E-state index in [1.54, 1.807) is 0 Å². The van der Waals surface area contributed by atoms with Gasteiger partial charge in [-0.25, -0.2) is 4.21 Å². The van der Waals surface area contributed by atoms with Crippen molar-refractivity contribution in [1.29, 1.82) is 0 Å². The summed E-state index contributed by atoms with van der Waals surface area (Å²) in [4.78, 5) is 46.2. The summed E-state index contributed by atoms with van der Waals surface area (Å²) in [5.74, 6) is -2.74. The maximum atomic E-state index is 11.7. The van der Waals surface area contributed by atoms with E-state index in [-0.39, 0.29) is 19.6 Å². The number of hydrogen-bond donors (Lipinski definition) is 0. The molecule has 1 aliphatic heterocycles. The summed E-state index contributed by atoms with van der Waals surface area (Å²) in [6.45, 7) is 4.16. The molecule has 1 heterocycles. The molecule has 1 saturated heterocycles. The summed E-state index contributed by atoms with van der Waals surface area (Å²) in [5.41, 5.74) is 0. The van der Waals surface area contributed by atoms with E-state index in [4.69, 9.17) is 27.9 Å². The maximum absolute atomic E-state index is 11.7. The molecule has 13 heteroatoms. The minimum atomic E-state index is -2.91. The molecule has 172 valence electrons. The predicted molar refractivity (Wildman–Crippen MR) is 104 cm³/mol. The Labute approximate surface area is 179 Å². The van der Waals surface area contributed by atoms with Crippen molar-refractivity contribution in [3.63, 3.8) is 0 Å². The molecule has 0 bridgehead atoms. The van der Waals surface area contributed by atoms with E-state index in [1.165, 1.54) is 13.2 Å². The summed E-state index contributed by atoms with van der Waals surface area (Å²) in [7, 11) is -2.91. The number of hydrogen-bond acceptors (Lipinski definition) is 12. The highest BCUT2D eigenvalue weighted by Gasteiger charge is 2.51. The van der Waals surface area contributed by atoms with Gasteiger partial charge in [0.25, 0.3) is 0 Å². The third-order valence-electron chi connectivity index (χ3n) is 3.79. The van der Waals surface area contributed by atoms with E-state index in [2.05, 4.69) is 11.2 Å². The number of rotatable bonds is 9. The van der Waals surface area contributed by atoms with Gasteiger partial charge in [0.15, 0.2) is 18.3 Å².